The number of benzene rings is 2. The van der Waals surface area contributed by atoms with Crippen LogP contribution in [0, 0.1) is 19.8 Å². The first-order valence-corrected chi connectivity index (χ1v) is 12.2. The van der Waals surface area contributed by atoms with E-state index in [1.807, 2.05) is 44.2 Å². The number of hydrogen-bond donors (Lipinski definition) is 1. The maximum Gasteiger partial charge on any atom is 0.255 e. The van der Waals surface area contributed by atoms with E-state index in [4.69, 9.17) is 9.72 Å². The van der Waals surface area contributed by atoms with Crippen molar-refractivity contribution >= 4 is 16.9 Å². The summed E-state index contributed by atoms with van der Waals surface area (Å²) in [5, 5.41) is 0. The third-order valence-corrected chi connectivity index (χ3v) is 6.63. The van der Waals surface area contributed by atoms with Crippen LogP contribution in [0.15, 0.2) is 36.4 Å². The molecule has 0 saturated heterocycles. The van der Waals surface area contributed by atoms with Gasteiger partial charge in [-0.1, -0.05) is 45.2 Å². The number of fused-ring (bicyclic) bond motifs is 1. The molecule has 0 fully saturated rings. The van der Waals surface area contributed by atoms with Crippen molar-refractivity contribution in [3.8, 4) is 5.75 Å². The number of amides is 1. The van der Waals surface area contributed by atoms with E-state index in [9.17, 15) is 4.79 Å². The smallest absolute Gasteiger partial charge is 0.255 e. The number of rotatable bonds is 10. The molecule has 5 heteroatoms. The van der Waals surface area contributed by atoms with Crippen LogP contribution in [-0.4, -0.2) is 33.9 Å². The summed E-state index contributed by atoms with van der Waals surface area (Å²) in [6.45, 7) is 12.6. The Balaban J connectivity index is 2.15. The summed E-state index contributed by atoms with van der Waals surface area (Å²) in [5.41, 5.74) is 4.59. The Labute approximate surface area is 198 Å². The molecule has 0 aliphatic rings. The summed E-state index contributed by atoms with van der Waals surface area (Å²) >= 11 is 0. The second-order valence-corrected chi connectivity index (χ2v) is 9.34. The summed E-state index contributed by atoms with van der Waals surface area (Å²) in [4.78, 5) is 24.8. The summed E-state index contributed by atoms with van der Waals surface area (Å²) in [5.74, 6) is 2.03. The van der Waals surface area contributed by atoms with Gasteiger partial charge in [0.2, 0.25) is 0 Å². The van der Waals surface area contributed by atoms with Crippen LogP contribution in [0.5, 0.6) is 5.75 Å². The molecule has 0 aliphatic heterocycles. The average Bonchev–Trinajstić information content (AvgIpc) is 3.21. The van der Waals surface area contributed by atoms with E-state index in [1.165, 1.54) is 0 Å². The first kappa shape index (κ1) is 24.8. The molecule has 2 atom stereocenters. The standard InChI is InChI=1S/C28H39N3O2/c1-8-10-13-21(9-2)26(27-29-23-14-11-12-15-24(23)30-27)31(18(3)4)28(32)25-19(5)16-22(33-7)17-20(25)6/h11-12,14-18,21,26H,8-10,13H2,1-7H3,(H,29,30). The molecular weight excluding hydrogens is 410 g/mol. The van der Waals surface area contributed by atoms with Crippen molar-refractivity contribution < 1.29 is 9.53 Å². The van der Waals surface area contributed by atoms with Crippen molar-refractivity contribution in [2.75, 3.05) is 7.11 Å². The van der Waals surface area contributed by atoms with Gasteiger partial charge in [0.05, 0.1) is 24.2 Å². The van der Waals surface area contributed by atoms with Crippen LogP contribution in [0.2, 0.25) is 0 Å². The molecule has 1 N–H and O–H groups in total. The summed E-state index contributed by atoms with van der Waals surface area (Å²) in [6.07, 6.45) is 4.32. The van der Waals surface area contributed by atoms with E-state index in [0.29, 0.717) is 5.92 Å². The van der Waals surface area contributed by atoms with E-state index < -0.39 is 0 Å². The zero-order valence-electron chi connectivity index (χ0n) is 21.2. The Morgan fingerprint density at radius 2 is 1.79 bits per heavy atom. The second-order valence-electron chi connectivity index (χ2n) is 9.34. The van der Waals surface area contributed by atoms with Crippen molar-refractivity contribution in [1.29, 1.82) is 0 Å². The number of carbonyl (C=O) groups excluding carboxylic acids is 1. The van der Waals surface area contributed by atoms with Gasteiger partial charge in [-0.05, 0) is 75.4 Å². The molecule has 0 radical (unpaired) electrons. The van der Waals surface area contributed by atoms with Gasteiger partial charge in [0, 0.05) is 11.6 Å². The number of ether oxygens (including phenoxy) is 1. The molecule has 0 bridgehead atoms. The van der Waals surface area contributed by atoms with Crippen molar-refractivity contribution in [3.05, 3.63) is 58.9 Å². The molecule has 0 aliphatic carbocycles. The van der Waals surface area contributed by atoms with Crippen LogP contribution < -0.4 is 4.74 Å². The molecule has 1 aromatic heterocycles. The van der Waals surface area contributed by atoms with Crippen molar-refractivity contribution in [3.63, 3.8) is 0 Å². The molecular formula is C28H39N3O2. The highest BCUT2D eigenvalue weighted by molar-refractivity contribution is 5.97. The normalized spacial score (nSPS) is 13.3. The van der Waals surface area contributed by atoms with Gasteiger partial charge < -0.3 is 14.6 Å². The van der Waals surface area contributed by atoms with Gasteiger partial charge in [-0.15, -0.1) is 0 Å². The molecule has 3 rings (SSSR count). The minimum absolute atomic E-state index is 0.0206. The lowest BCUT2D eigenvalue weighted by molar-refractivity contribution is 0.0480. The number of imidazole rings is 1. The fraction of sp³-hybridized carbons (Fsp3) is 0.500. The number of aryl methyl sites for hydroxylation is 2. The number of carbonyl (C=O) groups is 1. The lowest BCUT2D eigenvalue weighted by atomic mass is 9.88. The first-order valence-electron chi connectivity index (χ1n) is 12.2. The molecule has 3 aromatic rings. The maximum atomic E-state index is 14.2. The van der Waals surface area contributed by atoms with E-state index in [-0.39, 0.29) is 18.0 Å². The molecule has 2 unspecified atom stereocenters. The van der Waals surface area contributed by atoms with Gasteiger partial charge in [-0.2, -0.15) is 0 Å². The maximum absolute atomic E-state index is 14.2. The second kappa shape index (κ2) is 10.9. The van der Waals surface area contributed by atoms with E-state index in [0.717, 1.165) is 65.0 Å². The Hall–Kier alpha value is -2.82. The predicted molar refractivity (Wildman–Crippen MR) is 136 cm³/mol. The number of nitrogens with zero attached hydrogens (tertiary/aromatic N) is 2. The minimum atomic E-state index is -0.123. The Kier molecular flexibility index (Phi) is 8.17. The Morgan fingerprint density at radius 3 is 2.33 bits per heavy atom. The Morgan fingerprint density at radius 1 is 1.12 bits per heavy atom. The molecule has 1 amide bonds. The minimum Gasteiger partial charge on any atom is -0.497 e. The van der Waals surface area contributed by atoms with E-state index in [1.54, 1.807) is 7.11 Å². The SMILES string of the molecule is CCCCC(CC)C(c1nc2ccccc2[nH]1)N(C(=O)c1c(C)cc(OC)cc1C)C(C)C. The van der Waals surface area contributed by atoms with Gasteiger partial charge in [-0.25, -0.2) is 4.98 Å². The number of hydrogen-bond acceptors (Lipinski definition) is 3. The zero-order chi connectivity index (χ0) is 24.1. The van der Waals surface area contributed by atoms with Crippen LogP contribution >= 0.6 is 0 Å². The number of para-hydroxylation sites is 2. The molecule has 2 aromatic carbocycles. The highest BCUT2D eigenvalue weighted by Gasteiger charge is 2.36. The third kappa shape index (κ3) is 5.23. The first-order chi connectivity index (χ1) is 15.8. The molecule has 0 spiro atoms. The molecule has 178 valence electrons. The fourth-order valence-electron chi connectivity index (χ4n) is 4.94. The monoisotopic (exact) mass is 449 g/mol. The highest BCUT2D eigenvalue weighted by Crippen LogP contribution is 2.37. The highest BCUT2D eigenvalue weighted by atomic mass is 16.5. The van der Waals surface area contributed by atoms with Crippen LogP contribution in [-0.2, 0) is 0 Å². The molecule has 33 heavy (non-hydrogen) atoms. The average molecular weight is 450 g/mol. The summed E-state index contributed by atoms with van der Waals surface area (Å²) < 4.78 is 5.43. The number of nitrogens with one attached hydrogen (secondary N) is 1. The van der Waals surface area contributed by atoms with Crippen LogP contribution in [0.1, 0.15) is 86.7 Å². The molecule has 1 heterocycles. The van der Waals surface area contributed by atoms with Gasteiger partial charge in [0.25, 0.3) is 5.91 Å². The topological polar surface area (TPSA) is 58.2 Å². The lowest BCUT2D eigenvalue weighted by Crippen LogP contribution is -2.44. The lowest BCUT2D eigenvalue weighted by Gasteiger charge is -2.39. The van der Waals surface area contributed by atoms with Crippen LogP contribution in [0.25, 0.3) is 11.0 Å². The number of aromatic nitrogens is 2. The number of unbranched alkanes of at least 4 members (excludes halogenated alkanes) is 1. The van der Waals surface area contributed by atoms with Gasteiger partial charge >= 0.3 is 0 Å². The van der Waals surface area contributed by atoms with Gasteiger partial charge in [0.1, 0.15) is 11.6 Å². The summed E-state index contributed by atoms with van der Waals surface area (Å²) in [6, 6.07) is 11.9. The largest absolute Gasteiger partial charge is 0.497 e. The molecule has 0 saturated carbocycles. The number of H-pyrrole nitrogens is 1. The van der Waals surface area contributed by atoms with Crippen molar-refractivity contribution in [2.24, 2.45) is 5.92 Å². The van der Waals surface area contributed by atoms with E-state index in [2.05, 4.69) is 43.6 Å². The van der Waals surface area contributed by atoms with E-state index >= 15 is 0 Å². The van der Waals surface area contributed by atoms with Crippen LogP contribution in [0.3, 0.4) is 0 Å². The zero-order valence-corrected chi connectivity index (χ0v) is 21.2. The quantitative estimate of drug-likeness (QED) is 0.363. The fourth-order valence-corrected chi connectivity index (χ4v) is 4.94. The molecule has 5 nitrogen and oxygen atoms in total. The van der Waals surface area contributed by atoms with Gasteiger partial charge in [-0.3, -0.25) is 4.79 Å². The summed E-state index contributed by atoms with van der Waals surface area (Å²) in [7, 11) is 1.66. The van der Waals surface area contributed by atoms with Crippen LogP contribution in [0.4, 0.5) is 0 Å². The number of methoxy groups -OCH3 is 1. The van der Waals surface area contributed by atoms with Gasteiger partial charge in [0.15, 0.2) is 0 Å². The Bertz CT molecular complexity index is 1030. The predicted octanol–water partition coefficient (Wildman–Crippen LogP) is 7.00. The van der Waals surface area contributed by atoms with Crippen molar-refractivity contribution in [1.82, 2.24) is 14.9 Å². The third-order valence-electron chi connectivity index (χ3n) is 6.63. The van der Waals surface area contributed by atoms with Crippen molar-refractivity contribution in [2.45, 2.75) is 79.3 Å². The number of aromatic amines is 1.